The molecule has 0 spiro atoms. The Hall–Kier alpha value is -2.90. The number of ether oxygens (including phenoxy) is 2. The molecule has 0 radical (unpaired) electrons. The molecule has 0 aliphatic rings. The highest BCUT2D eigenvalue weighted by Gasteiger charge is 2.28. The molecule has 31 heavy (non-hydrogen) atoms. The van der Waals surface area contributed by atoms with Crippen LogP contribution in [0.4, 0.5) is 0 Å². The second kappa shape index (κ2) is 9.49. The zero-order valence-electron chi connectivity index (χ0n) is 18.2. The van der Waals surface area contributed by atoms with Gasteiger partial charge in [0.15, 0.2) is 15.9 Å². The Labute approximate surface area is 183 Å². The molecule has 2 aromatic carbocycles. The summed E-state index contributed by atoms with van der Waals surface area (Å²) in [4.78, 5) is 12.9. The smallest absolute Gasteiger partial charge is 0.339 e. The van der Waals surface area contributed by atoms with Crippen LogP contribution in [-0.2, 0) is 24.1 Å². The van der Waals surface area contributed by atoms with E-state index in [1.807, 2.05) is 54.8 Å². The summed E-state index contributed by atoms with van der Waals surface area (Å²) in [5.74, 6) is -0.434. The number of hydrogen-bond donors (Lipinski definition) is 0. The Morgan fingerprint density at radius 2 is 1.65 bits per heavy atom. The Balaban J connectivity index is 2.20. The van der Waals surface area contributed by atoms with Gasteiger partial charge in [-0.25, -0.2) is 13.2 Å². The van der Waals surface area contributed by atoms with E-state index in [1.165, 1.54) is 6.26 Å². The standard InChI is InChI=1S/C24H27NO5S/c1-5-29-23(24(26)30-6-2)21-16-22(18-12-14-20(15-13-18)31(4,27)28)25(17(21)3)19-10-8-7-9-11-19/h7-16,23H,5-6H2,1-4H3/t23-/m0/s1. The fourth-order valence-corrected chi connectivity index (χ4v) is 4.19. The van der Waals surface area contributed by atoms with E-state index in [0.29, 0.717) is 12.2 Å². The van der Waals surface area contributed by atoms with Crippen LogP contribution >= 0.6 is 0 Å². The van der Waals surface area contributed by atoms with Gasteiger partial charge in [0, 0.05) is 29.8 Å². The van der Waals surface area contributed by atoms with Crippen molar-refractivity contribution in [3.63, 3.8) is 0 Å². The van der Waals surface area contributed by atoms with Crippen molar-refractivity contribution in [2.75, 3.05) is 19.5 Å². The van der Waals surface area contributed by atoms with Crippen molar-refractivity contribution < 1.29 is 22.7 Å². The van der Waals surface area contributed by atoms with E-state index in [-0.39, 0.29) is 11.5 Å². The van der Waals surface area contributed by atoms with Crippen LogP contribution in [0.15, 0.2) is 65.6 Å². The third kappa shape index (κ3) is 4.89. The fourth-order valence-electron chi connectivity index (χ4n) is 3.56. The molecule has 164 valence electrons. The second-order valence-corrected chi connectivity index (χ2v) is 9.14. The van der Waals surface area contributed by atoms with Crippen molar-refractivity contribution in [3.8, 4) is 16.9 Å². The molecule has 0 saturated heterocycles. The second-order valence-electron chi connectivity index (χ2n) is 7.13. The van der Waals surface area contributed by atoms with Crippen molar-refractivity contribution >= 4 is 15.8 Å². The monoisotopic (exact) mass is 441 g/mol. The number of aromatic nitrogens is 1. The minimum Gasteiger partial charge on any atom is -0.464 e. The van der Waals surface area contributed by atoms with Gasteiger partial charge in [0.2, 0.25) is 0 Å². The van der Waals surface area contributed by atoms with E-state index < -0.39 is 21.9 Å². The molecule has 1 aromatic heterocycles. The first-order chi connectivity index (χ1) is 14.8. The molecule has 3 aromatic rings. The summed E-state index contributed by atoms with van der Waals surface area (Å²) in [5, 5.41) is 0. The molecule has 1 atom stereocenters. The van der Waals surface area contributed by atoms with E-state index in [2.05, 4.69) is 0 Å². The van der Waals surface area contributed by atoms with Crippen LogP contribution in [0, 0.1) is 6.92 Å². The summed E-state index contributed by atoms with van der Waals surface area (Å²) in [6.45, 7) is 6.15. The van der Waals surface area contributed by atoms with Gasteiger partial charge in [-0.15, -0.1) is 0 Å². The van der Waals surface area contributed by atoms with Crippen molar-refractivity contribution in [1.29, 1.82) is 0 Å². The lowest BCUT2D eigenvalue weighted by Crippen LogP contribution is -2.19. The summed E-state index contributed by atoms with van der Waals surface area (Å²) in [5.41, 5.74) is 4.14. The van der Waals surface area contributed by atoms with Gasteiger partial charge in [-0.05, 0) is 56.7 Å². The molecule has 1 heterocycles. The fraction of sp³-hybridized carbons (Fsp3) is 0.292. The Kier molecular flexibility index (Phi) is 6.97. The molecule has 0 N–H and O–H groups in total. The van der Waals surface area contributed by atoms with Crippen LogP contribution in [0.5, 0.6) is 0 Å². The summed E-state index contributed by atoms with van der Waals surface area (Å²) in [6, 6.07) is 18.4. The van der Waals surface area contributed by atoms with Crippen LogP contribution in [0.3, 0.4) is 0 Å². The third-order valence-corrected chi connectivity index (χ3v) is 6.12. The summed E-state index contributed by atoms with van der Waals surface area (Å²) in [7, 11) is -3.29. The van der Waals surface area contributed by atoms with Crippen LogP contribution < -0.4 is 0 Å². The number of benzene rings is 2. The van der Waals surface area contributed by atoms with Crippen LogP contribution in [0.2, 0.25) is 0 Å². The molecule has 0 fully saturated rings. The maximum atomic E-state index is 12.6. The topological polar surface area (TPSA) is 74.6 Å². The zero-order chi connectivity index (χ0) is 22.6. The van der Waals surface area contributed by atoms with E-state index in [1.54, 1.807) is 31.2 Å². The first kappa shape index (κ1) is 22.8. The van der Waals surface area contributed by atoms with Crippen molar-refractivity contribution in [3.05, 3.63) is 71.9 Å². The van der Waals surface area contributed by atoms with Gasteiger partial charge in [0.1, 0.15) is 0 Å². The number of carbonyl (C=O) groups excluding carboxylic acids is 1. The van der Waals surface area contributed by atoms with Crippen LogP contribution in [0.25, 0.3) is 16.9 Å². The molecule has 0 amide bonds. The summed E-state index contributed by atoms with van der Waals surface area (Å²) < 4.78 is 36.7. The van der Waals surface area contributed by atoms with Gasteiger partial charge in [0.25, 0.3) is 0 Å². The van der Waals surface area contributed by atoms with Gasteiger partial charge < -0.3 is 14.0 Å². The molecule has 0 unspecified atom stereocenters. The molecule has 0 aliphatic carbocycles. The average molecular weight is 442 g/mol. The quantitative estimate of drug-likeness (QED) is 0.481. The number of sulfone groups is 1. The number of rotatable bonds is 8. The normalized spacial score (nSPS) is 12.5. The van der Waals surface area contributed by atoms with E-state index >= 15 is 0 Å². The molecular formula is C24H27NO5S. The lowest BCUT2D eigenvalue weighted by Gasteiger charge is -2.16. The molecule has 0 bridgehead atoms. The first-order valence-electron chi connectivity index (χ1n) is 10.1. The largest absolute Gasteiger partial charge is 0.464 e. The minimum atomic E-state index is -3.29. The highest BCUT2D eigenvalue weighted by Crippen LogP contribution is 2.34. The lowest BCUT2D eigenvalue weighted by molar-refractivity contribution is -0.157. The zero-order valence-corrected chi connectivity index (χ0v) is 19.0. The molecule has 3 rings (SSSR count). The third-order valence-electron chi connectivity index (χ3n) is 5.00. The maximum Gasteiger partial charge on any atom is 0.339 e. The predicted octanol–water partition coefficient (Wildman–Crippen LogP) is 4.50. The number of nitrogens with zero attached hydrogens (tertiary/aromatic N) is 1. The van der Waals surface area contributed by atoms with Gasteiger partial charge in [-0.2, -0.15) is 0 Å². The van der Waals surface area contributed by atoms with E-state index in [4.69, 9.17) is 9.47 Å². The van der Waals surface area contributed by atoms with Gasteiger partial charge >= 0.3 is 5.97 Å². The summed E-state index contributed by atoms with van der Waals surface area (Å²) in [6.07, 6.45) is 0.340. The van der Waals surface area contributed by atoms with Crippen molar-refractivity contribution in [1.82, 2.24) is 4.57 Å². The Morgan fingerprint density at radius 1 is 1.00 bits per heavy atom. The number of carbonyl (C=O) groups is 1. The first-order valence-corrected chi connectivity index (χ1v) is 12.0. The molecule has 7 heteroatoms. The SMILES string of the molecule is CCOC(=O)[C@@H](OCC)c1cc(-c2ccc(S(C)(=O)=O)cc2)n(-c2ccccc2)c1C. The molecule has 0 saturated carbocycles. The van der Waals surface area contributed by atoms with E-state index in [9.17, 15) is 13.2 Å². The highest BCUT2D eigenvalue weighted by molar-refractivity contribution is 7.90. The maximum absolute atomic E-state index is 12.6. The lowest BCUT2D eigenvalue weighted by atomic mass is 10.1. The molecule has 0 aliphatic heterocycles. The Bertz CT molecular complexity index is 1150. The minimum absolute atomic E-state index is 0.254. The number of esters is 1. The average Bonchev–Trinajstić information content (AvgIpc) is 3.09. The van der Waals surface area contributed by atoms with Gasteiger partial charge in [0.05, 0.1) is 17.2 Å². The van der Waals surface area contributed by atoms with Crippen molar-refractivity contribution in [2.45, 2.75) is 31.8 Å². The highest BCUT2D eigenvalue weighted by atomic mass is 32.2. The van der Waals surface area contributed by atoms with Gasteiger partial charge in [-0.1, -0.05) is 30.3 Å². The number of hydrogen-bond acceptors (Lipinski definition) is 5. The van der Waals surface area contributed by atoms with Crippen LogP contribution in [-0.4, -0.2) is 38.4 Å². The number of para-hydroxylation sites is 1. The molecule has 6 nitrogen and oxygen atoms in total. The molecular weight excluding hydrogens is 414 g/mol. The van der Waals surface area contributed by atoms with Crippen LogP contribution in [0.1, 0.15) is 31.2 Å². The van der Waals surface area contributed by atoms with Gasteiger partial charge in [-0.3, -0.25) is 0 Å². The van der Waals surface area contributed by atoms with Crippen molar-refractivity contribution in [2.24, 2.45) is 0 Å². The Morgan fingerprint density at radius 3 is 2.19 bits per heavy atom. The van der Waals surface area contributed by atoms with E-state index in [0.717, 1.165) is 22.6 Å². The summed E-state index contributed by atoms with van der Waals surface area (Å²) >= 11 is 0. The predicted molar refractivity (Wildman–Crippen MR) is 120 cm³/mol.